The van der Waals surface area contributed by atoms with Gasteiger partial charge in [0.15, 0.2) is 11.5 Å². The maximum Gasteiger partial charge on any atom is 0.410 e. The Balaban J connectivity index is 1.38. The maximum atomic E-state index is 15.9. The number of alkyl halides is 3. The number of pyridine rings is 2. The van der Waals surface area contributed by atoms with E-state index in [0.29, 0.717) is 31.6 Å². The van der Waals surface area contributed by atoms with Gasteiger partial charge in [0.1, 0.15) is 11.3 Å². The summed E-state index contributed by atoms with van der Waals surface area (Å²) in [5.74, 6) is -3.94. The lowest BCUT2D eigenvalue weighted by Gasteiger charge is -2.32. The number of imidazole rings is 1. The highest BCUT2D eigenvalue weighted by molar-refractivity contribution is 6.03. The molecule has 0 spiro atoms. The molecule has 4 heterocycles. The van der Waals surface area contributed by atoms with Crippen molar-refractivity contribution < 1.29 is 37.0 Å². The predicted molar refractivity (Wildman–Crippen MR) is 149 cm³/mol. The van der Waals surface area contributed by atoms with Gasteiger partial charge in [-0.1, -0.05) is 6.07 Å². The number of fused-ring (bicyclic) bond motifs is 1. The van der Waals surface area contributed by atoms with Crippen LogP contribution in [0.25, 0.3) is 5.65 Å². The minimum Gasteiger partial charge on any atom is -0.444 e. The van der Waals surface area contributed by atoms with Gasteiger partial charge in [-0.3, -0.25) is 4.79 Å². The molecule has 5 rings (SSSR count). The van der Waals surface area contributed by atoms with Gasteiger partial charge < -0.3 is 24.5 Å². The first-order valence-corrected chi connectivity index (χ1v) is 14.2. The van der Waals surface area contributed by atoms with Crippen LogP contribution in [0.1, 0.15) is 93.2 Å². The molecule has 232 valence electrons. The molecule has 0 bridgehead atoms. The molecule has 13 heteroatoms. The van der Waals surface area contributed by atoms with Gasteiger partial charge in [0.05, 0.1) is 22.9 Å². The highest BCUT2D eigenvalue weighted by Crippen LogP contribution is 2.55. The van der Waals surface area contributed by atoms with E-state index in [9.17, 15) is 27.9 Å². The van der Waals surface area contributed by atoms with E-state index in [-0.39, 0.29) is 46.7 Å². The maximum absolute atomic E-state index is 15.9. The Morgan fingerprint density at radius 2 is 1.70 bits per heavy atom. The molecule has 3 aromatic rings. The number of aromatic nitrogens is 3. The number of aliphatic hydroxyl groups is 1. The summed E-state index contributed by atoms with van der Waals surface area (Å²) in [6, 6.07) is 4.27. The quantitative estimate of drug-likeness (QED) is 0.339. The van der Waals surface area contributed by atoms with E-state index in [4.69, 9.17) is 4.74 Å². The second kappa shape index (κ2) is 10.8. The summed E-state index contributed by atoms with van der Waals surface area (Å²) >= 11 is 0. The summed E-state index contributed by atoms with van der Waals surface area (Å²) in [4.78, 5) is 35.9. The summed E-state index contributed by atoms with van der Waals surface area (Å²) in [5.41, 5.74) is -1.95. The van der Waals surface area contributed by atoms with E-state index in [2.05, 4.69) is 15.3 Å². The molecular formula is C30H35F4N5O4. The van der Waals surface area contributed by atoms with E-state index < -0.39 is 40.9 Å². The first kappa shape index (κ1) is 30.7. The van der Waals surface area contributed by atoms with Crippen molar-refractivity contribution in [2.75, 3.05) is 18.4 Å². The van der Waals surface area contributed by atoms with Crippen LogP contribution < -0.4 is 5.32 Å². The molecule has 9 nitrogen and oxygen atoms in total. The zero-order chi connectivity index (χ0) is 31.5. The standard InChI is InChI=1S/C30H35F4N5O4/c1-28(2,3)43-27(41)38-11-9-16(10-12-38)21-14-39-15-22(23(29(4,5)42)24(31)25(39)36-21)37-26(40)20-8-6-7-19(35-20)17-13-18(17)30(32,33)34/h6-8,14-18,42H,9-13H2,1-5H3,(H,37,40). The second-order valence-electron chi connectivity index (χ2n) is 12.8. The van der Waals surface area contributed by atoms with Crippen LogP contribution in [0.3, 0.4) is 0 Å². The van der Waals surface area contributed by atoms with E-state index in [1.54, 1.807) is 31.9 Å². The summed E-state index contributed by atoms with van der Waals surface area (Å²) < 4.78 is 62.0. The number of nitrogens with one attached hydrogen (secondary N) is 1. The number of carbonyl (C=O) groups excluding carboxylic acids is 2. The average Bonchev–Trinajstić information content (AvgIpc) is 3.61. The lowest BCUT2D eigenvalue weighted by Crippen LogP contribution is -2.41. The fourth-order valence-corrected chi connectivity index (χ4v) is 5.54. The minimum absolute atomic E-state index is 0.0296. The molecule has 1 saturated carbocycles. The fourth-order valence-electron chi connectivity index (χ4n) is 5.54. The first-order chi connectivity index (χ1) is 19.9. The third-order valence-electron chi connectivity index (χ3n) is 7.72. The van der Waals surface area contributed by atoms with Gasteiger partial charge >= 0.3 is 12.3 Å². The zero-order valence-corrected chi connectivity index (χ0v) is 24.6. The number of carbonyl (C=O) groups is 2. The van der Waals surface area contributed by atoms with E-state index in [1.165, 1.54) is 42.6 Å². The normalized spacial score (nSPS) is 19.9. The van der Waals surface area contributed by atoms with Crippen LogP contribution in [-0.4, -0.2) is 61.2 Å². The molecule has 2 atom stereocenters. The van der Waals surface area contributed by atoms with Crippen LogP contribution in [0.2, 0.25) is 0 Å². The topological polar surface area (TPSA) is 109 Å². The molecule has 0 radical (unpaired) electrons. The predicted octanol–water partition coefficient (Wildman–Crippen LogP) is 6.13. The minimum atomic E-state index is -4.34. The van der Waals surface area contributed by atoms with Crippen LogP contribution >= 0.6 is 0 Å². The SMILES string of the molecule is CC(C)(C)OC(=O)N1CCC(c2cn3cc(NC(=O)c4cccc(C5CC5C(F)(F)F)n4)c(C(C)(C)O)c(F)c3n2)CC1. The molecular weight excluding hydrogens is 570 g/mol. The molecule has 0 aromatic carbocycles. The van der Waals surface area contributed by atoms with Gasteiger partial charge in [0, 0.05) is 48.6 Å². The number of halogens is 4. The van der Waals surface area contributed by atoms with Crippen LogP contribution in [0.5, 0.6) is 0 Å². The van der Waals surface area contributed by atoms with Crippen molar-refractivity contribution in [3.05, 3.63) is 59.1 Å². The van der Waals surface area contributed by atoms with Crippen LogP contribution in [0, 0.1) is 11.7 Å². The molecule has 2 unspecified atom stereocenters. The largest absolute Gasteiger partial charge is 0.444 e. The number of anilines is 1. The van der Waals surface area contributed by atoms with E-state index in [0.717, 1.165) is 0 Å². The first-order valence-electron chi connectivity index (χ1n) is 14.2. The number of piperidine rings is 1. The van der Waals surface area contributed by atoms with Gasteiger partial charge in [-0.05, 0) is 66.0 Å². The van der Waals surface area contributed by atoms with Crippen molar-refractivity contribution >= 4 is 23.3 Å². The lowest BCUT2D eigenvalue weighted by atomic mass is 9.94. The Kier molecular flexibility index (Phi) is 7.68. The highest BCUT2D eigenvalue weighted by atomic mass is 19.4. The number of ether oxygens (including phenoxy) is 1. The van der Waals surface area contributed by atoms with Crippen molar-refractivity contribution in [1.29, 1.82) is 0 Å². The molecule has 1 aliphatic carbocycles. The number of hydrogen-bond donors (Lipinski definition) is 2. The van der Waals surface area contributed by atoms with Gasteiger partial charge in [-0.15, -0.1) is 0 Å². The number of likely N-dealkylation sites (tertiary alicyclic amines) is 1. The third kappa shape index (κ3) is 6.61. The molecule has 3 aromatic heterocycles. The van der Waals surface area contributed by atoms with Gasteiger partial charge in [0.2, 0.25) is 0 Å². The summed E-state index contributed by atoms with van der Waals surface area (Å²) in [6.45, 7) is 9.04. The fraction of sp³-hybridized carbons (Fsp3) is 0.533. The van der Waals surface area contributed by atoms with Crippen LogP contribution in [0.4, 0.5) is 28.0 Å². The molecule has 1 saturated heterocycles. The zero-order valence-electron chi connectivity index (χ0n) is 24.6. The van der Waals surface area contributed by atoms with Crippen molar-refractivity contribution in [2.24, 2.45) is 5.92 Å². The third-order valence-corrected chi connectivity index (χ3v) is 7.72. The Hall–Kier alpha value is -3.74. The monoisotopic (exact) mass is 605 g/mol. The van der Waals surface area contributed by atoms with E-state index >= 15 is 4.39 Å². The summed E-state index contributed by atoms with van der Waals surface area (Å²) in [5, 5.41) is 13.4. The molecule has 2 fully saturated rings. The van der Waals surface area contributed by atoms with Gasteiger partial charge in [-0.2, -0.15) is 13.2 Å². The highest BCUT2D eigenvalue weighted by Gasteiger charge is 2.56. The molecule has 2 N–H and O–H groups in total. The average molecular weight is 606 g/mol. The summed E-state index contributed by atoms with van der Waals surface area (Å²) in [6.07, 6.45) is -0.540. The Morgan fingerprint density at radius 1 is 1.02 bits per heavy atom. The smallest absolute Gasteiger partial charge is 0.410 e. The van der Waals surface area contributed by atoms with Crippen molar-refractivity contribution in [3.8, 4) is 0 Å². The Morgan fingerprint density at radius 3 is 2.28 bits per heavy atom. The number of hydrogen-bond acceptors (Lipinski definition) is 6. The van der Waals surface area contributed by atoms with Gasteiger partial charge in [0.25, 0.3) is 5.91 Å². The van der Waals surface area contributed by atoms with Crippen molar-refractivity contribution in [1.82, 2.24) is 19.3 Å². The molecule has 43 heavy (non-hydrogen) atoms. The van der Waals surface area contributed by atoms with Crippen LogP contribution in [0.15, 0.2) is 30.6 Å². The summed E-state index contributed by atoms with van der Waals surface area (Å²) in [7, 11) is 0. The Bertz CT molecular complexity index is 1550. The van der Waals surface area contributed by atoms with Crippen molar-refractivity contribution in [3.63, 3.8) is 0 Å². The molecule has 1 aliphatic heterocycles. The van der Waals surface area contributed by atoms with Gasteiger partial charge in [-0.25, -0.2) is 19.2 Å². The molecule has 2 aliphatic rings. The Labute approximate surface area is 246 Å². The second-order valence-corrected chi connectivity index (χ2v) is 12.8. The number of amides is 2. The number of nitrogens with zero attached hydrogens (tertiary/aromatic N) is 4. The number of rotatable bonds is 5. The van der Waals surface area contributed by atoms with Crippen LogP contribution in [-0.2, 0) is 10.3 Å². The van der Waals surface area contributed by atoms with E-state index in [1.807, 2.05) is 0 Å². The molecule has 2 amide bonds. The lowest BCUT2D eigenvalue weighted by molar-refractivity contribution is -0.148. The van der Waals surface area contributed by atoms with Crippen molar-refractivity contribution in [2.45, 2.75) is 83.1 Å².